The minimum absolute atomic E-state index is 0.0533. The van der Waals surface area contributed by atoms with Gasteiger partial charge in [-0.2, -0.15) is 4.31 Å². The molecule has 1 aliphatic rings. The van der Waals surface area contributed by atoms with Crippen LogP contribution in [0.5, 0.6) is 0 Å². The second-order valence-electron chi connectivity index (χ2n) is 5.41. The second kappa shape index (κ2) is 6.98. The molecule has 0 unspecified atom stereocenters. The van der Waals surface area contributed by atoms with Crippen LogP contribution in [0.4, 0.5) is 0 Å². The molecule has 128 valence electrons. The van der Waals surface area contributed by atoms with Gasteiger partial charge in [0.1, 0.15) is 0 Å². The number of nitrogens with one attached hydrogen (secondary N) is 1. The minimum atomic E-state index is -3.75. The molecule has 9 heteroatoms. The van der Waals surface area contributed by atoms with Gasteiger partial charge in [0.2, 0.25) is 15.9 Å². The van der Waals surface area contributed by atoms with Crippen molar-refractivity contribution in [3.63, 3.8) is 0 Å². The highest BCUT2D eigenvalue weighted by atomic mass is 32.2. The maximum atomic E-state index is 12.5. The molecule has 1 saturated heterocycles. The van der Waals surface area contributed by atoms with Crippen LogP contribution in [0.2, 0.25) is 0 Å². The summed E-state index contributed by atoms with van der Waals surface area (Å²) in [7, 11) is -6.84. The van der Waals surface area contributed by atoms with E-state index >= 15 is 0 Å². The van der Waals surface area contributed by atoms with Crippen molar-refractivity contribution >= 4 is 25.8 Å². The molecule has 2 rings (SSSR count). The summed E-state index contributed by atoms with van der Waals surface area (Å²) < 4.78 is 48.8. The van der Waals surface area contributed by atoms with Crippen molar-refractivity contribution in [2.45, 2.75) is 24.3 Å². The number of rotatable bonds is 6. The Hall–Kier alpha value is -1.45. The molecule has 0 saturated carbocycles. The average molecular weight is 360 g/mol. The van der Waals surface area contributed by atoms with Crippen LogP contribution in [0.15, 0.2) is 35.2 Å². The molecular weight excluding hydrogens is 340 g/mol. The van der Waals surface area contributed by atoms with Gasteiger partial charge in [-0.1, -0.05) is 25.1 Å². The largest absolute Gasteiger partial charge is 0.351 e. The van der Waals surface area contributed by atoms with E-state index in [0.29, 0.717) is 6.42 Å². The number of amides is 1. The molecule has 1 aliphatic heterocycles. The Morgan fingerprint density at radius 1 is 1.30 bits per heavy atom. The van der Waals surface area contributed by atoms with Gasteiger partial charge >= 0.3 is 0 Å². The number of likely N-dealkylation sites (N-methyl/N-ethyl adjacent to an activating group) is 1. The zero-order valence-corrected chi connectivity index (χ0v) is 14.4. The Morgan fingerprint density at radius 2 is 1.96 bits per heavy atom. The van der Waals surface area contributed by atoms with Crippen molar-refractivity contribution in [3.05, 3.63) is 30.3 Å². The van der Waals surface area contributed by atoms with E-state index in [4.69, 9.17) is 0 Å². The van der Waals surface area contributed by atoms with E-state index in [1.165, 1.54) is 12.1 Å². The molecule has 0 bridgehead atoms. The van der Waals surface area contributed by atoms with Gasteiger partial charge in [0, 0.05) is 12.6 Å². The first-order valence-electron chi connectivity index (χ1n) is 7.29. The van der Waals surface area contributed by atoms with Crippen LogP contribution < -0.4 is 5.32 Å². The molecule has 7 nitrogen and oxygen atoms in total. The Labute approximate surface area is 136 Å². The SMILES string of the molecule is CCN(CC(=O)N[C@H]1CCS(=O)(=O)C1)S(=O)(=O)c1ccccc1. The summed E-state index contributed by atoms with van der Waals surface area (Å²) >= 11 is 0. The van der Waals surface area contributed by atoms with Crippen molar-refractivity contribution in [1.29, 1.82) is 0 Å². The molecule has 1 aromatic carbocycles. The van der Waals surface area contributed by atoms with Gasteiger partial charge in [-0.05, 0) is 18.6 Å². The maximum Gasteiger partial charge on any atom is 0.243 e. The van der Waals surface area contributed by atoms with Crippen molar-refractivity contribution in [2.24, 2.45) is 0 Å². The van der Waals surface area contributed by atoms with Gasteiger partial charge in [0.15, 0.2) is 9.84 Å². The minimum Gasteiger partial charge on any atom is -0.351 e. The van der Waals surface area contributed by atoms with Gasteiger partial charge < -0.3 is 5.32 Å². The molecule has 1 fully saturated rings. The number of carbonyl (C=O) groups excluding carboxylic acids is 1. The van der Waals surface area contributed by atoms with Gasteiger partial charge in [-0.25, -0.2) is 16.8 Å². The zero-order valence-electron chi connectivity index (χ0n) is 12.8. The second-order valence-corrected chi connectivity index (χ2v) is 9.58. The predicted octanol–water partition coefficient (Wildman–Crippen LogP) is 0.000500. The first-order chi connectivity index (χ1) is 10.7. The van der Waals surface area contributed by atoms with Crippen LogP contribution in [-0.2, 0) is 24.7 Å². The molecule has 0 spiro atoms. The number of carbonyl (C=O) groups is 1. The summed E-state index contributed by atoms with van der Waals surface area (Å²) in [5.41, 5.74) is 0. The first kappa shape index (κ1) is 17.9. The van der Waals surface area contributed by atoms with Crippen molar-refractivity contribution in [2.75, 3.05) is 24.6 Å². The molecule has 1 aromatic rings. The van der Waals surface area contributed by atoms with Gasteiger partial charge in [0.05, 0.1) is 22.9 Å². The molecule has 1 atom stereocenters. The van der Waals surface area contributed by atoms with Crippen LogP contribution in [0, 0.1) is 0 Å². The van der Waals surface area contributed by atoms with Crippen molar-refractivity contribution in [3.8, 4) is 0 Å². The van der Waals surface area contributed by atoms with E-state index in [2.05, 4.69) is 5.32 Å². The van der Waals surface area contributed by atoms with Crippen LogP contribution in [0.25, 0.3) is 0 Å². The van der Waals surface area contributed by atoms with E-state index < -0.39 is 31.8 Å². The lowest BCUT2D eigenvalue weighted by molar-refractivity contribution is -0.121. The van der Waals surface area contributed by atoms with E-state index in [1.54, 1.807) is 25.1 Å². The fraction of sp³-hybridized carbons (Fsp3) is 0.500. The highest BCUT2D eigenvalue weighted by Crippen LogP contribution is 2.15. The van der Waals surface area contributed by atoms with Crippen LogP contribution in [-0.4, -0.2) is 57.7 Å². The van der Waals surface area contributed by atoms with Crippen LogP contribution in [0.3, 0.4) is 0 Å². The molecule has 1 N–H and O–H groups in total. The van der Waals surface area contributed by atoms with Crippen LogP contribution in [0.1, 0.15) is 13.3 Å². The normalized spacial score (nSPS) is 20.5. The summed E-state index contributed by atoms with van der Waals surface area (Å²) in [6.07, 6.45) is 0.367. The number of benzene rings is 1. The fourth-order valence-corrected chi connectivity index (χ4v) is 5.55. The topological polar surface area (TPSA) is 101 Å². The summed E-state index contributed by atoms with van der Waals surface area (Å²) in [6.45, 7) is 1.46. The number of hydrogen-bond donors (Lipinski definition) is 1. The van der Waals surface area contributed by atoms with Gasteiger partial charge in [0.25, 0.3) is 0 Å². The molecular formula is C14H20N2O5S2. The molecule has 0 radical (unpaired) electrons. The Kier molecular flexibility index (Phi) is 5.43. The third-order valence-electron chi connectivity index (χ3n) is 3.65. The smallest absolute Gasteiger partial charge is 0.243 e. The summed E-state index contributed by atoms with van der Waals surface area (Å²) in [6, 6.07) is 7.45. The standard InChI is InChI=1S/C14H20N2O5S2/c1-2-16(23(20,21)13-6-4-3-5-7-13)10-14(17)15-12-8-9-22(18,19)11-12/h3-7,12H,2,8-11H2,1H3,(H,15,17)/t12-/m0/s1. The lowest BCUT2D eigenvalue weighted by Gasteiger charge is -2.21. The molecule has 1 amide bonds. The Bertz CT molecular complexity index is 760. The van der Waals surface area contributed by atoms with E-state index in [1.807, 2.05) is 0 Å². The van der Waals surface area contributed by atoms with Gasteiger partial charge in [-0.15, -0.1) is 0 Å². The van der Waals surface area contributed by atoms with E-state index in [-0.39, 0.29) is 29.5 Å². The van der Waals surface area contributed by atoms with E-state index in [0.717, 1.165) is 4.31 Å². The highest BCUT2D eigenvalue weighted by Gasteiger charge is 2.30. The molecule has 1 heterocycles. The number of sulfone groups is 1. The molecule has 0 aromatic heterocycles. The average Bonchev–Trinajstić information content (AvgIpc) is 2.84. The molecule has 23 heavy (non-hydrogen) atoms. The van der Waals surface area contributed by atoms with Crippen LogP contribution >= 0.6 is 0 Å². The summed E-state index contributed by atoms with van der Waals surface area (Å²) in [5, 5.41) is 2.60. The zero-order chi connectivity index (χ0) is 17.1. The van der Waals surface area contributed by atoms with Gasteiger partial charge in [-0.3, -0.25) is 4.79 Å². The lowest BCUT2D eigenvalue weighted by atomic mass is 10.2. The monoisotopic (exact) mass is 360 g/mol. The third-order valence-corrected chi connectivity index (χ3v) is 7.35. The van der Waals surface area contributed by atoms with E-state index in [9.17, 15) is 21.6 Å². The summed E-state index contributed by atoms with van der Waals surface area (Å²) in [5.74, 6) is -0.526. The highest BCUT2D eigenvalue weighted by molar-refractivity contribution is 7.91. The lowest BCUT2D eigenvalue weighted by Crippen LogP contribution is -2.44. The number of sulfonamides is 1. The van der Waals surface area contributed by atoms with Crippen molar-refractivity contribution in [1.82, 2.24) is 9.62 Å². The third kappa shape index (κ3) is 4.52. The first-order valence-corrected chi connectivity index (χ1v) is 10.6. The quantitative estimate of drug-likeness (QED) is 0.770. The van der Waals surface area contributed by atoms with Crippen molar-refractivity contribution < 1.29 is 21.6 Å². The fourth-order valence-electron chi connectivity index (χ4n) is 2.45. The summed E-state index contributed by atoms with van der Waals surface area (Å²) in [4.78, 5) is 12.2. The number of nitrogens with zero attached hydrogens (tertiary/aromatic N) is 1. The molecule has 0 aliphatic carbocycles. The Morgan fingerprint density at radius 3 is 2.48 bits per heavy atom. The predicted molar refractivity (Wildman–Crippen MR) is 86.1 cm³/mol. The maximum absolute atomic E-state index is 12.5. The number of hydrogen-bond acceptors (Lipinski definition) is 5. The Balaban J connectivity index is 2.03.